The Labute approximate surface area is 102 Å². The van der Waals surface area contributed by atoms with Crippen LogP contribution in [0.1, 0.15) is 31.4 Å². The van der Waals surface area contributed by atoms with Gasteiger partial charge in [0.05, 0.1) is 0 Å². The van der Waals surface area contributed by atoms with E-state index in [0.29, 0.717) is 5.82 Å². The third kappa shape index (κ3) is 2.68. The maximum absolute atomic E-state index is 11.1. The van der Waals surface area contributed by atoms with Gasteiger partial charge in [-0.3, -0.25) is 9.32 Å². The maximum atomic E-state index is 11.1. The van der Waals surface area contributed by atoms with Crippen molar-refractivity contribution in [1.29, 1.82) is 0 Å². The van der Waals surface area contributed by atoms with Crippen LogP contribution in [-0.2, 0) is 6.61 Å². The summed E-state index contributed by atoms with van der Waals surface area (Å²) in [5, 5.41) is 12.7. The van der Waals surface area contributed by atoms with Crippen molar-refractivity contribution in [3.05, 3.63) is 34.1 Å². The summed E-state index contributed by atoms with van der Waals surface area (Å²) in [4.78, 5) is 15.1. The monoisotopic (exact) mass is 252 g/mol. The molecule has 2 heterocycles. The summed E-state index contributed by atoms with van der Waals surface area (Å²) >= 11 is 0. The first-order valence-corrected chi connectivity index (χ1v) is 5.33. The minimum absolute atomic E-state index is 0.00873. The van der Waals surface area contributed by atoms with E-state index < -0.39 is 11.2 Å². The Morgan fingerprint density at radius 3 is 2.89 bits per heavy atom. The van der Waals surface area contributed by atoms with E-state index in [2.05, 4.69) is 10.1 Å². The van der Waals surface area contributed by atoms with Crippen molar-refractivity contribution >= 4 is 0 Å². The fourth-order valence-electron chi connectivity index (χ4n) is 1.17. The summed E-state index contributed by atoms with van der Waals surface area (Å²) in [5.74, 6) is 0.482. The summed E-state index contributed by atoms with van der Waals surface area (Å²) in [5.41, 5.74) is -0.534. The van der Waals surface area contributed by atoms with Gasteiger partial charge in [0, 0.05) is 12.0 Å². The van der Waals surface area contributed by atoms with E-state index in [1.165, 1.54) is 0 Å². The third-order valence-corrected chi connectivity index (χ3v) is 2.14. The molecule has 0 fully saturated rings. The lowest BCUT2D eigenvalue weighted by atomic mass is 10.2. The second kappa shape index (κ2) is 4.91. The molecule has 0 spiro atoms. The van der Waals surface area contributed by atoms with Gasteiger partial charge in [-0.15, -0.1) is 0 Å². The molecule has 7 nitrogen and oxygen atoms in total. The van der Waals surface area contributed by atoms with Gasteiger partial charge in [-0.2, -0.15) is 4.98 Å². The second-order valence-corrected chi connectivity index (χ2v) is 3.96. The number of nitrogens with zero attached hydrogens (tertiary/aromatic N) is 2. The molecule has 0 saturated heterocycles. The van der Waals surface area contributed by atoms with E-state index in [1.807, 2.05) is 13.8 Å². The fourth-order valence-corrected chi connectivity index (χ4v) is 1.17. The molecule has 0 bridgehead atoms. The molecule has 18 heavy (non-hydrogen) atoms. The van der Waals surface area contributed by atoms with Gasteiger partial charge < -0.3 is 14.3 Å². The smallest absolute Gasteiger partial charge is 0.417 e. The zero-order chi connectivity index (χ0) is 13.1. The van der Waals surface area contributed by atoms with Crippen molar-refractivity contribution in [2.75, 3.05) is 0 Å². The Morgan fingerprint density at radius 2 is 2.28 bits per heavy atom. The van der Waals surface area contributed by atoms with Crippen LogP contribution in [0.25, 0.3) is 0 Å². The average molecular weight is 252 g/mol. The molecule has 7 heteroatoms. The van der Waals surface area contributed by atoms with Crippen LogP contribution >= 0.6 is 0 Å². The number of ether oxygens (including phenoxy) is 1. The maximum Gasteiger partial charge on any atom is 0.417 e. The molecule has 2 aromatic rings. The second-order valence-electron chi connectivity index (χ2n) is 3.96. The van der Waals surface area contributed by atoms with E-state index in [4.69, 9.17) is 18.8 Å². The van der Waals surface area contributed by atoms with Crippen LogP contribution in [-0.4, -0.2) is 15.2 Å². The highest BCUT2D eigenvalue weighted by atomic mass is 16.6. The lowest BCUT2D eigenvalue weighted by Gasteiger charge is -1.99. The minimum atomic E-state index is -0.534. The SMILES string of the molecule is CC(C)c1noc(OCc2cc(=O)c(O)co2)n1. The van der Waals surface area contributed by atoms with Gasteiger partial charge in [0.2, 0.25) is 5.43 Å². The summed E-state index contributed by atoms with van der Waals surface area (Å²) in [7, 11) is 0. The molecule has 0 aliphatic carbocycles. The molecular weight excluding hydrogens is 240 g/mol. The fraction of sp³-hybridized carbons (Fsp3) is 0.364. The van der Waals surface area contributed by atoms with Gasteiger partial charge in [-0.05, 0) is 0 Å². The number of hydrogen-bond acceptors (Lipinski definition) is 7. The molecule has 0 atom stereocenters. The molecule has 0 amide bonds. The minimum Gasteiger partial charge on any atom is -0.502 e. The third-order valence-electron chi connectivity index (χ3n) is 2.14. The largest absolute Gasteiger partial charge is 0.502 e. The highest BCUT2D eigenvalue weighted by Gasteiger charge is 2.11. The first-order chi connectivity index (χ1) is 8.56. The van der Waals surface area contributed by atoms with Crippen LogP contribution in [0.15, 0.2) is 26.1 Å². The molecule has 0 saturated carbocycles. The molecule has 96 valence electrons. The highest BCUT2D eigenvalue weighted by molar-refractivity contribution is 5.15. The highest BCUT2D eigenvalue weighted by Crippen LogP contribution is 2.15. The summed E-state index contributed by atoms with van der Waals surface area (Å²) in [6.07, 6.45) is 0.961. The zero-order valence-corrected chi connectivity index (χ0v) is 9.91. The number of aromatic nitrogens is 2. The predicted molar refractivity (Wildman–Crippen MR) is 59.4 cm³/mol. The zero-order valence-electron chi connectivity index (χ0n) is 9.91. The summed E-state index contributed by atoms with van der Waals surface area (Å²) in [6, 6.07) is 1.13. The van der Waals surface area contributed by atoms with E-state index in [1.54, 1.807) is 0 Å². The first kappa shape index (κ1) is 12.2. The van der Waals surface area contributed by atoms with E-state index in [-0.39, 0.29) is 24.4 Å². The number of aromatic hydroxyl groups is 1. The Kier molecular flexibility index (Phi) is 3.31. The molecule has 2 rings (SSSR count). The van der Waals surface area contributed by atoms with Crippen LogP contribution in [0.2, 0.25) is 0 Å². The molecule has 1 N–H and O–H groups in total. The van der Waals surface area contributed by atoms with Gasteiger partial charge in [0.25, 0.3) is 0 Å². The Balaban J connectivity index is 2.02. The van der Waals surface area contributed by atoms with E-state index >= 15 is 0 Å². The number of rotatable bonds is 4. The van der Waals surface area contributed by atoms with Gasteiger partial charge in [-0.25, -0.2) is 0 Å². The van der Waals surface area contributed by atoms with Gasteiger partial charge in [0.1, 0.15) is 12.0 Å². The molecule has 0 unspecified atom stereocenters. The van der Waals surface area contributed by atoms with Crippen molar-refractivity contribution in [2.24, 2.45) is 0 Å². The molecule has 2 aromatic heterocycles. The lowest BCUT2D eigenvalue weighted by molar-refractivity contribution is 0.177. The molecule has 0 aliphatic heterocycles. The van der Waals surface area contributed by atoms with Crippen molar-refractivity contribution in [1.82, 2.24) is 10.1 Å². The first-order valence-electron chi connectivity index (χ1n) is 5.33. The van der Waals surface area contributed by atoms with E-state index in [0.717, 1.165) is 12.3 Å². The van der Waals surface area contributed by atoms with Crippen LogP contribution in [0, 0.1) is 0 Å². The lowest BCUT2D eigenvalue weighted by Crippen LogP contribution is -2.03. The standard InChI is InChI=1S/C11H12N2O5/c1-6(2)10-12-11(18-13-10)17-4-7-3-8(14)9(15)5-16-7/h3,5-6,15H,4H2,1-2H3. The quantitative estimate of drug-likeness (QED) is 0.878. The van der Waals surface area contributed by atoms with Crippen LogP contribution < -0.4 is 10.2 Å². The van der Waals surface area contributed by atoms with Crippen LogP contribution in [0.5, 0.6) is 11.8 Å². The van der Waals surface area contributed by atoms with Gasteiger partial charge in [-0.1, -0.05) is 19.0 Å². The van der Waals surface area contributed by atoms with Crippen molar-refractivity contribution in [3.8, 4) is 11.8 Å². The normalized spacial score (nSPS) is 10.8. The predicted octanol–water partition coefficient (Wildman–Crippen LogP) is 1.43. The van der Waals surface area contributed by atoms with Crippen molar-refractivity contribution in [3.63, 3.8) is 0 Å². The average Bonchev–Trinajstić information content (AvgIpc) is 2.79. The van der Waals surface area contributed by atoms with Gasteiger partial charge >= 0.3 is 6.08 Å². The Bertz CT molecular complexity index is 587. The molecular formula is C11H12N2O5. The van der Waals surface area contributed by atoms with Crippen LogP contribution in [0.3, 0.4) is 0 Å². The summed E-state index contributed by atoms with van der Waals surface area (Å²) in [6.45, 7) is 3.82. The topological polar surface area (TPSA) is 98.6 Å². The van der Waals surface area contributed by atoms with Crippen LogP contribution in [0.4, 0.5) is 0 Å². The summed E-state index contributed by atoms with van der Waals surface area (Å²) < 4.78 is 15.0. The molecule has 0 aliphatic rings. The van der Waals surface area contributed by atoms with Gasteiger partial charge in [0.15, 0.2) is 18.2 Å². The molecule has 0 radical (unpaired) electrons. The van der Waals surface area contributed by atoms with Crippen molar-refractivity contribution in [2.45, 2.75) is 26.4 Å². The number of hydrogen-bond donors (Lipinski definition) is 1. The van der Waals surface area contributed by atoms with E-state index in [9.17, 15) is 4.79 Å². The molecule has 0 aromatic carbocycles. The Hall–Kier alpha value is -2.31. The Morgan fingerprint density at radius 1 is 1.50 bits per heavy atom. The van der Waals surface area contributed by atoms with Crippen molar-refractivity contribution < 1.29 is 18.8 Å².